The fourth-order valence-electron chi connectivity index (χ4n) is 1.98. The number of rotatable bonds is 7. The van der Waals surface area contributed by atoms with Crippen molar-refractivity contribution in [1.29, 1.82) is 5.26 Å². The Hall–Kier alpha value is -2.35. The quantitative estimate of drug-likeness (QED) is 0.784. The number of nitrogens with zero attached hydrogens (tertiary/aromatic N) is 1. The summed E-state index contributed by atoms with van der Waals surface area (Å²) in [6.07, 6.45) is 0.205. The minimum absolute atomic E-state index is 0.0202. The first-order chi connectivity index (χ1) is 10.8. The van der Waals surface area contributed by atoms with Gasteiger partial charge in [-0.3, -0.25) is 9.59 Å². The summed E-state index contributed by atoms with van der Waals surface area (Å²) in [5.74, 6) is -0.930. The third kappa shape index (κ3) is 5.74. The van der Waals surface area contributed by atoms with Crippen molar-refractivity contribution in [2.75, 3.05) is 6.61 Å². The number of benzene rings is 1. The first kappa shape index (κ1) is 18.7. The van der Waals surface area contributed by atoms with Gasteiger partial charge in [0.25, 0.3) is 5.91 Å². The van der Waals surface area contributed by atoms with Crippen molar-refractivity contribution in [1.82, 2.24) is 5.32 Å². The Kier molecular flexibility index (Phi) is 6.77. The lowest BCUT2D eigenvalue weighted by Gasteiger charge is -2.27. The molecule has 0 bridgehead atoms. The number of hydrogen-bond acceptors (Lipinski definition) is 4. The molecular formula is C18H24N2O3. The second-order valence-electron chi connectivity index (χ2n) is 6.19. The minimum Gasteiger partial charge on any atom is -0.456 e. The largest absolute Gasteiger partial charge is 0.456 e. The maximum Gasteiger partial charge on any atom is 0.306 e. The second kappa shape index (κ2) is 8.33. The third-order valence-electron chi connectivity index (χ3n) is 3.99. The van der Waals surface area contributed by atoms with Crippen LogP contribution in [0.15, 0.2) is 30.3 Å². The Morgan fingerprint density at radius 3 is 2.39 bits per heavy atom. The average Bonchev–Trinajstić information content (AvgIpc) is 2.53. The van der Waals surface area contributed by atoms with Gasteiger partial charge in [-0.25, -0.2) is 0 Å². The van der Waals surface area contributed by atoms with Crippen LogP contribution in [0.25, 0.3) is 0 Å². The summed E-state index contributed by atoms with van der Waals surface area (Å²) in [4.78, 5) is 23.7. The van der Waals surface area contributed by atoms with Crippen LogP contribution < -0.4 is 5.32 Å². The van der Waals surface area contributed by atoms with E-state index in [1.54, 1.807) is 6.92 Å². The number of carbonyl (C=O) groups excluding carboxylic acids is 2. The van der Waals surface area contributed by atoms with Gasteiger partial charge in [0, 0.05) is 0 Å². The first-order valence-electron chi connectivity index (χ1n) is 7.71. The number of ether oxygens (including phenoxy) is 1. The van der Waals surface area contributed by atoms with Crippen molar-refractivity contribution in [3.8, 4) is 6.07 Å². The van der Waals surface area contributed by atoms with E-state index >= 15 is 0 Å². The molecule has 124 valence electrons. The molecule has 0 aliphatic carbocycles. The Balaban J connectivity index is 2.44. The monoisotopic (exact) mass is 316 g/mol. The summed E-state index contributed by atoms with van der Waals surface area (Å²) in [5, 5.41) is 11.8. The van der Waals surface area contributed by atoms with Crippen LogP contribution in [0.4, 0.5) is 0 Å². The maximum absolute atomic E-state index is 11.8. The topological polar surface area (TPSA) is 79.2 Å². The number of nitrogens with one attached hydrogen (secondary N) is 1. The summed E-state index contributed by atoms with van der Waals surface area (Å²) >= 11 is 0. The standard InChI is InChI=1S/C18H24N2O3/c1-13(2)18(4,12-19)20-16(21)11-23-17(22)10-14(3)15-8-6-5-7-9-15/h5-9,13-14H,10-11H2,1-4H3,(H,20,21)/t14-,18+/m0/s1. The van der Waals surface area contributed by atoms with Crippen LogP contribution in [-0.2, 0) is 14.3 Å². The van der Waals surface area contributed by atoms with E-state index in [0.717, 1.165) is 5.56 Å². The molecule has 1 N–H and O–H groups in total. The number of amides is 1. The van der Waals surface area contributed by atoms with Gasteiger partial charge in [-0.1, -0.05) is 51.1 Å². The van der Waals surface area contributed by atoms with Gasteiger partial charge in [0.2, 0.25) is 0 Å². The molecule has 1 amide bonds. The van der Waals surface area contributed by atoms with E-state index in [-0.39, 0.29) is 24.9 Å². The van der Waals surface area contributed by atoms with Crippen molar-refractivity contribution >= 4 is 11.9 Å². The van der Waals surface area contributed by atoms with E-state index < -0.39 is 17.4 Å². The summed E-state index contributed by atoms with van der Waals surface area (Å²) < 4.78 is 5.01. The summed E-state index contributed by atoms with van der Waals surface area (Å²) in [5.41, 5.74) is 0.0756. The molecule has 0 aliphatic rings. The molecule has 1 rings (SSSR count). The number of carbonyl (C=O) groups is 2. The zero-order chi connectivity index (χ0) is 17.5. The molecule has 0 aromatic heterocycles. The lowest BCUT2D eigenvalue weighted by molar-refractivity contribution is -0.149. The highest BCUT2D eigenvalue weighted by atomic mass is 16.5. The predicted molar refractivity (Wildman–Crippen MR) is 87.4 cm³/mol. The Labute approximate surface area is 137 Å². The lowest BCUT2D eigenvalue weighted by atomic mass is 9.90. The van der Waals surface area contributed by atoms with Crippen LogP contribution in [0.5, 0.6) is 0 Å². The molecule has 0 heterocycles. The zero-order valence-electron chi connectivity index (χ0n) is 14.1. The minimum atomic E-state index is -0.971. The molecule has 0 saturated carbocycles. The molecule has 0 fully saturated rings. The van der Waals surface area contributed by atoms with E-state index in [4.69, 9.17) is 10.00 Å². The Bertz CT molecular complexity index is 578. The molecule has 0 radical (unpaired) electrons. The molecule has 0 aliphatic heterocycles. The van der Waals surface area contributed by atoms with Gasteiger partial charge < -0.3 is 10.1 Å². The second-order valence-corrected chi connectivity index (χ2v) is 6.19. The molecule has 0 spiro atoms. The van der Waals surface area contributed by atoms with E-state index in [1.165, 1.54) is 0 Å². The van der Waals surface area contributed by atoms with Crippen molar-refractivity contribution < 1.29 is 14.3 Å². The van der Waals surface area contributed by atoms with Crippen molar-refractivity contribution in [3.63, 3.8) is 0 Å². The number of nitriles is 1. The van der Waals surface area contributed by atoms with Crippen molar-refractivity contribution in [2.24, 2.45) is 5.92 Å². The highest BCUT2D eigenvalue weighted by Gasteiger charge is 2.30. The highest BCUT2D eigenvalue weighted by Crippen LogP contribution is 2.19. The summed E-state index contributed by atoms with van der Waals surface area (Å²) in [6.45, 7) is 6.90. The van der Waals surface area contributed by atoms with E-state index in [2.05, 4.69) is 11.4 Å². The molecule has 23 heavy (non-hydrogen) atoms. The molecular weight excluding hydrogens is 292 g/mol. The third-order valence-corrected chi connectivity index (χ3v) is 3.99. The van der Waals surface area contributed by atoms with Crippen LogP contribution in [0.3, 0.4) is 0 Å². The van der Waals surface area contributed by atoms with Gasteiger partial charge in [0.15, 0.2) is 6.61 Å². The van der Waals surface area contributed by atoms with Crippen LogP contribution in [0.2, 0.25) is 0 Å². The normalized spacial score (nSPS) is 14.4. The molecule has 1 aromatic carbocycles. The van der Waals surface area contributed by atoms with Crippen LogP contribution in [-0.4, -0.2) is 24.0 Å². The van der Waals surface area contributed by atoms with Crippen LogP contribution >= 0.6 is 0 Å². The molecule has 5 nitrogen and oxygen atoms in total. The number of hydrogen-bond donors (Lipinski definition) is 1. The van der Waals surface area contributed by atoms with Crippen molar-refractivity contribution in [2.45, 2.75) is 45.6 Å². The van der Waals surface area contributed by atoms with Crippen LogP contribution in [0.1, 0.15) is 45.6 Å². The molecule has 5 heteroatoms. The Morgan fingerprint density at radius 1 is 1.26 bits per heavy atom. The number of esters is 1. The summed E-state index contributed by atoms with van der Waals surface area (Å²) in [6, 6.07) is 11.7. The molecule has 0 saturated heterocycles. The van der Waals surface area contributed by atoms with E-state index in [1.807, 2.05) is 51.1 Å². The zero-order valence-corrected chi connectivity index (χ0v) is 14.1. The van der Waals surface area contributed by atoms with Crippen molar-refractivity contribution in [3.05, 3.63) is 35.9 Å². The molecule has 0 unspecified atom stereocenters. The van der Waals surface area contributed by atoms with Gasteiger partial charge in [-0.05, 0) is 24.3 Å². The lowest BCUT2D eigenvalue weighted by Crippen LogP contribution is -2.50. The smallest absolute Gasteiger partial charge is 0.306 e. The van der Waals surface area contributed by atoms with Gasteiger partial charge in [-0.15, -0.1) is 0 Å². The molecule has 2 atom stereocenters. The first-order valence-corrected chi connectivity index (χ1v) is 7.71. The predicted octanol–water partition coefficient (Wildman–Crippen LogP) is 2.78. The average molecular weight is 316 g/mol. The van der Waals surface area contributed by atoms with Gasteiger partial charge in [0.1, 0.15) is 5.54 Å². The molecule has 1 aromatic rings. The summed E-state index contributed by atoms with van der Waals surface area (Å²) in [7, 11) is 0. The fraction of sp³-hybridized carbons (Fsp3) is 0.500. The fourth-order valence-corrected chi connectivity index (χ4v) is 1.98. The van der Waals surface area contributed by atoms with Gasteiger partial charge in [-0.2, -0.15) is 5.26 Å². The Morgan fingerprint density at radius 2 is 1.87 bits per heavy atom. The van der Waals surface area contributed by atoms with E-state index in [9.17, 15) is 9.59 Å². The van der Waals surface area contributed by atoms with E-state index in [0.29, 0.717) is 0 Å². The van der Waals surface area contributed by atoms with Gasteiger partial charge in [0.05, 0.1) is 12.5 Å². The SMILES string of the molecule is CC(C)[C@@](C)(C#N)NC(=O)COC(=O)C[C@H](C)c1ccccc1. The maximum atomic E-state index is 11.8. The van der Waals surface area contributed by atoms with Gasteiger partial charge >= 0.3 is 5.97 Å². The van der Waals surface area contributed by atoms with Crippen LogP contribution in [0, 0.1) is 17.2 Å². The highest BCUT2D eigenvalue weighted by molar-refractivity contribution is 5.81.